The molecular formula is C15H18N2. The molecule has 0 spiro atoms. The van der Waals surface area contributed by atoms with Gasteiger partial charge in [-0.2, -0.15) is 0 Å². The van der Waals surface area contributed by atoms with Gasteiger partial charge in [0.25, 0.3) is 0 Å². The minimum absolute atomic E-state index is 0.0430. The average molecular weight is 226 g/mol. The molecule has 0 saturated carbocycles. The van der Waals surface area contributed by atoms with E-state index in [0.717, 1.165) is 6.54 Å². The summed E-state index contributed by atoms with van der Waals surface area (Å²) in [6, 6.07) is 20.5. The van der Waals surface area contributed by atoms with Crippen molar-refractivity contribution in [2.75, 3.05) is 18.5 Å². The Morgan fingerprint density at radius 3 is 2.06 bits per heavy atom. The van der Waals surface area contributed by atoms with E-state index in [1.807, 2.05) is 36.4 Å². The molecule has 88 valence electrons. The summed E-state index contributed by atoms with van der Waals surface area (Å²) in [5, 5.41) is 0. The van der Waals surface area contributed by atoms with E-state index in [4.69, 9.17) is 5.73 Å². The average Bonchev–Trinajstić information content (AvgIpc) is 2.40. The molecule has 0 radical (unpaired) electrons. The Balaban J connectivity index is 2.02. The second-order valence-electron chi connectivity index (χ2n) is 4.23. The molecule has 2 aromatic rings. The van der Waals surface area contributed by atoms with Crippen LogP contribution in [-0.4, -0.2) is 13.6 Å². The molecule has 0 aliphatic carbocycles. The highest BCUT2D eigenvalue weighted by Crippen LogP contribution is 2.16. The van der Waals surface area contributed by atoms with Crippen molar-refractivity contribution < 1.29 is 0 Å². The number of hydrogen-bond acceptors (Lipinski definition) is 2. The number of likely N-dealkylation sites (N-methyl/N-ethyl adjacent to an activating group) is 1. The number of nitrogens with two attached hydrogens (primary N) is 1. The van der Waals surface area contributed by atoms with E-state index in [9.17, 15) is 0 Å². The first-order chi connectivity index (χ1) is 8.27. The topological polar surface area (TPSA) is 29.3 Å². The van der Waals surface area contributed by atoms with Gasteiger partial charge in [0.2, 0.25) is 0 Å². The molecule has 1 atom stereocenters. The Hall–Kier alpha value is -1.80. The van der Waals surface area contributed by atoms with Gasteiger partial charge in [-0.05, 0) is 17.7 Å². The van der Waals surface area contributed by atoms with Crippen LogP contribution in [-0.2, 0) is 0 Å². The molecule has 0 amide bonds. The maximum absolute atomic E-state index is 6.19. The third kappa shape index (κ3) is 3.08. The Morgan fingerprint density at radius 2 is 1.47 bits per heavy atom. The normalized spacial score (nSPS) is 12.1. The third-order valence-corrected chi connectivity index (χ3v) is 2.90. The molecule has 0 unspecified atom stereocenters. The molecule has 17 heavy (non-hydrogen) atoms. The summed E-state index contributed by atoms with van der Waals surface area (Å²) < 4.78 is 0. The first kappa shape index (κ1) is 11.7. The van der Waals surface area contributed by atoms with Crippen LogP contribution in [0.4, 0.5) is 5.69 Å². The third-order valence-electron chi connectivity index (χ3n) is 2.90. The Bertz CT molecular complexity index is 395. The molecular weight excluding hydrogens is 208 g/mol. The van der Waals surface area contributed by atoms with Crippen LogP contribution in [0, 0.1) is 0 Å². The summed E-state index contributed by atoms with van der Waals surface area (Å²) in [7, 11) is 2.07. The summed E-state index contributed by atoms with van der Waals surface area (Å²) in [5.41, 5.74) is 8.56. The fourth-order valence-electron chi connectivity index (χ4n) is 1.89. The summed E-state index contributed by atoms with van der Waals surface area (Å²) in [6.07, 6.45) is 0. The maximum Gasteiger partial charge on any atom is 0.0473 e. The van der Waals surface area contributed by atoms with Gasteiger partial charge in [0.05, 0.1) is 0 Å². The van der Waals surface area contributed by atoms with Gasteiger partial charge in [0, 0.05) is 25.3 Å². The molecule has 2 aromatic carbocycles. The standard InChI is InChI=1S/C15H18N2/c1-17(14-10-6-3-7-11-14)12-15(16)13-8-4-2-5-9-13/h2-11,15H,12,16H2,1H3/t15-/m1/s1. The van der Waals surface area contributed by atoms with Gasteiger partial charge in [-0.15, -0.1) is 0 Å². The van der Waals surface area contributed by atoms with Gasteiger partial charge in [-0.3, -0.25) is 0 Å². The van der Waals surface area contributed by atoms with Crippen LogP contribution in [0.25, 0.3) is 0 Å². The van der Waals surface area contributed by atoms with Gasteiger partial charge >= 0.3 is 0 Å². The summed E-state index contributed by atoms with van der Waals surface area (Å²) in [4.78, 5) is 2.18. The van der Waals surface area contributed by atoms with E-state index in [-0.39, 0.29) is 6.04 Å². The molecule has 2 rings (SSSR count). The van der Waals surface area contributed by atoms with Gasteiger partial charge in [-0.25, -0.2) is 0 Å². The molecule has 2 N–H and O–H groups in total. The Kier molecular flexibility index (Phi) is 3.78. The number of anilines is 1. The molecule has 0 heterocycles. The van der Waals surface area contributed by atoms with Crippen molar-refractivity contribution in [2.24, 2.45) is 5.73 Å². The fourth-order valence-corrected chi connectivity index (χ4v) is 1.89. The maximum atomic E-state index is 6.19. The van der Waals surface area contributed by atoms with Crippen molar-refractivity contribution in [3.8, 4) is 0 Å². The SMILES string of the molecule is CN(C[C@@H](N)c1ccccc1)c1ccccc1. The van der Waals surface area contributed by atoms with Crippen molar-refractivity contribution in [3.63, 3.8) is 0 Å². The summed E-state index contributed by atoms with van der Waals surface area (Å²) >= 11 is 0. The van der Waals surface area contributed by atoms with E-state index >= 15 is 0 Å². The van der Waals surface area contributed by atoms with Gasteiger partial charge in [0.1, 0.15) is 0 Å². The lowest BCUT2D eigenvalue weighted by molar-refractivity contribution is 0.703. The number of para-hydroxylation sites is 1. The zero-order chi connectivity index (χ0) is 12.1. The Morgan fingerprint density at radius 1 is 0.941 bits per heavy atom. The van der Waals surface area contributed by atoms with Crippen LogP contribution < -0.4 is 10.6 Å². The quantitative estimate of drug-likeness (QED) is 0.868. The molecule has 0 aliphatic heterocycles. The van der Waals surface area contributed by atoms with E-state index in [1.165, 1.54) is 11.3 Å². The van der Waals surface area contributed by atoms with Crippen molar-refractivity contribution in [1.82, 2.24) is 0 Å². The van der Waals surface area contributed by atoms with Crippen LogP contribution in [0.1, 0.15) is 11.6 Å². The predicted octanol–water partition coefficient (Wildman–Crippen LogP) is 2.82. The monoisotopic (exact) mass is 226 g/mol. The highest BCUT2D eigenvalue weighted by atomic mass is 15.1. The number of rotatable bonds is 4. The van der Waals surface area contributed by atoms with Crippen LogP contribution in [0.3, 0.4) is 0 Å². The lowest BCUT2D eigenvalue weighted by Gasteiger charge is -2.23. The number of benzene rings is 2. The smallest absolute Gasteiger partial charge is 0.0473 e. The van der Waals surface area contributed by atoms with Crippen molar-refractivity contribution in [1.29, 1.82) is 0 Å². The second kappa shape index (κ2) is 5.51. The van der Waals surface area contributed by atoms with E-state index < -0.39 is 0 Å². The van der Waals surface area contributed by atoms with E-state index in [2.05, 4.69) is 36.2 Å². The van der Waals surface area contributed by atoms with E-state index in [1.54, 1.807) is 0 Å². The fraction of sp³-hybridized carbons (Fsp3) is 0.200. The lowest BCUT2D eigenvalue weighted by Crippen LogP contribution is -2.28. The molecule has 0 aromatic heterocycles. The predicted molar refractivity (Wildman–Crippen MR) is 73.1 cm³/mol. The summed E-state index contributed by atoms with van der Waals surface area (Å²) in [5.74, 6) is 0. The molecule has 0 aliphatic rings. The van der Waals surface area contributed by atoms with Crippen LogP contribution >= 0.6 is 0 Å². The second-order valence-corrected chi connectivity index (χ2v) is 4.23. The largest absolute Gasteiger partial charge is 0.373 e. The van der Waals surface area contributed by atoms with Gasteiger partial charge in [-0.1, -0.05) is 48.5 Å². The Labute approximate surface area is 103 Å². The van der Waals surface area contributed by atoms with Gasteiger partial charge in [0.15, 0.2) is 0 Å². The minimum atomic E-state index is 0.0430. The number of nitrogens with zero attached hydrogens (tertiary/aromatic N) is 1. The molecule has 0 fully saturated rings. The number of hydrogen-bond donors (Lipinski definition) is 1. The molecule has 0 saturated heterocycles. The highest BCUT2D eigenvalue weighted by Gasteiger charge is 2.08. The molecule has 0 bridgehead atoms. The zero-order valence-corrected chi connectivity index (χ0v) is 10.1. The van der Waals surface area contributed by atoms with Crippen molar-refractivity contribution >= 4 is 5.69 Å². The van der Waals surface area contributed by atoms with Crippen LogP contribution in [0.5, 0.6) is 0 Å². The van der Waals surface area contributed by atoms with Crippen LogP contribution in [0.2, 0.25) is 0 Å². The highest BCUT2D eigenvalue weighted by molar-refractivity contribution is 5.45. The zero-order valence-electron chi connectivity index (χ0n) is 10.1. The van der Waals surface area contributed by atoms with Crippen molar-refractivity contribution in [3.05, 3.63) is 66.2 Å². The van der Waals surface area contributed by atoms with Crippen LogP contribution in [0.15, 0.2) is 60.7 Å². The lowest BCUT2D eigenvalue weighted by atomic mass is 10.1. The molecule has 2 nitrogen and oxygen atoms in total. The van der Waals surface area contributed by atoms with Crippen molar-refractivity contribution in [2.45, 2.75) is 6.04 Å². The minimum Gasteiger partial charge on any atom is -0.373 e. The van der Waals surface area contributed by atoms with E-state index in [0.29, 0.717) is 0 Å². The molecule has 2 heteroatoms. The summed E-state index contributed by atoms with van der Waals surface area (Å²) in [6.45, 7) is 0.814. The van der Waals surface area contributed by atoms with Gasteiger partial charge < -0.3 is 10.6 Å². The first-order valence-electron chi connectivity index (χ1n) is 5.84. The first-order valence-corrected chi connectivity index (χ1v) is 5.84.